The van der Waals surface area contributed by atoms with E-state index in [-0.39, 0.29) is 0 Å². The lowest BCUT2D eigenvalue weighted by atomic mass is 10.7. The molecule has 0 aromatic carbocycles. The topological polar surface area (TPSA) is 77.5 Å². The van der Waals surface area contributed by atoms with Crippen molar-refractivity contribution >= 4 is 7.51 Å². The van der Waals surface area contributed by atoms with E-state index in [4.69, 9.17) is 28.5 Å². The minimum Gasteiger partial charge on any atom is -0.382 e. The molecule has 164 valence electrons. The van der Waals surface area contributed by atoms with E-state index >= 15 is 0 Å². The van der Waals surface area contributed by atoms with Gasteiger partial charge < -0.3 is 23.7 Å². The first kappa shape index (κ1) is 26.9. The van der Waals surface area contributed by atoms with E-state index in [2.05, 4.69) is 18.9 Å². The van der Waals surface area contributed by atoms with E-state index in [1.165, 1.54) is 0 Å². The maximum Gasteiger partial charge on any atom is 0.199 e. The van der Waals surface area contributed by atoms with Crippen molar-refractivity contribution in [2.75, 3.05) is 109 Å². The summed E-state index contributed by atoms with van der Waals surface area (Å²) in [5, 5.41) is 0. The summed E-state index contributed by atoms with van der Waals surface area (Å²) in [6.07, 6.45) is 0. The largest absolute Gasteiger partial charge is 0.382 e. The molecular formula is C16H39N4O6P. The zero-order chi connectivity index (χ0) is 20.5. The van der Waals surface area contributed by atoms with Crippen molar-refractivity contribution in [2.45, 2.75) is 0 Å². The minimum absolute atomic E-state index is 0.384. The third-order valence-corrected chi connectivity index (χ3v) is 7.04. The van der Waals surface area contributed by atoms with Crippen molar-refractivity contribution in [3.63, 3.8) is 0 Å². The van der Waals surface area contributed by atoms with Gasteiger partial charge in [0.25, 0.3) is 0 Å². The SMILES string of the molecule is COCCOCCOCN(C)P(=NOCCOCCOC)(N(C)C)N(C)C. The van der Waals surface area contributed by atoms with E-state index in [0.717, 1.165) is 0 Å². The summed E-state index contributed by atoms with van der Waals surface area (Å²) in [6, 6.07) is 0. The van der Waals surface area contributed by atoms with E-state index in [9.17, 15) is 0 Å². The Morgan fingerprint density at radius 3 is 1.56 bits per heavy atom. The summed E-state index contributed by atoms with van der Waals surface area (Å²) in [5.41, 5.74) is 0. The molecule has 11 heteroatoms. The zero-order valence-corrected chi connectivity index (χ0v) is 18.9. The Kier molecular flexibility index (Phi) is 16.7. The highest BCUT2D eigenvalue weighted by Gasteiger charge is 2.31. The van der Waals surface area contributed by atoms with Crippen molar-refractivity contribution in [2.24, 2.45) is 4.91 Å². The van der Waals surface area contributed by atoms with Gasteiger partial charge in [-0.1, -0.05) is 0 Å². The van der Waals surface area contributed by atoms with Crippen LogP contribution in [0.4, 0.5) is 0 Å². The summed E-state index contributed by atoms with van der Waals surface area (Å²) in [5.74, 6) is 0. The third-order valence-electron chi connectivity index (χ3n) is 3.53. The van der Waals surface area contributed by atoms with Crippen molar-refractivity contribution in [3.8, 4) is 0 Å². The normalized spacial score (nSPS) is 12.5. The first-order valence-corrected chi connectivity index (χ1v) is 10.5. The quantitative estimate of drug-likeness (QED) is 0.142. The molecule has 0 amide bonds. The van der Waals surface area contributed by atoms with Crippen LogP contribution in [0.3, 0.4) is 0 Å². The van der Waals surface area contributed by atoms with Crippen LogP contribution in [0.1, 0.15) is 0 Å². The minimum atomic E-state index is -2.22. The Morgan fingerprint density at radius 1 is 0.630 bits per heavy atom. The van der Waals surface area contributed by atoms with Crippen molar-refractivity contribution in [3.05, 3.63) is 0 Å². The average molecular weight is 414 g/mol. The van der Waals surface area contributed by atoms with Gasteiger partial charge in [0.1, 0.15) is 13.3 Å². The van der Waals surface area contributed by atoms with Gasteiger partial charge in [-0.25, -0.2) is 9.51 Å². The lowest BCUT2D eigenvalue weighted by Crippen LogP contribution is -2.34. The van der Waals surface area contributed by atoms with Crippen LogP contribution in [-0.4, -0.2) is 123 Å². The summed E-state index contributed by atoms with van der Waals surface area (Å²) < 4.78 is 32.6. The number of nitrogens with zero attached hydrogens (tertiary/aromatic N) is 4. The number of hydrogen-bond acceptors (Lipinski definition) is 7. The molecule has 0 bridgehead atoms. The summed E-state index contributed by atoms with van der Waals surface area (Å²) in [4.78, 5) is 10.1. The highest BCUT2D eigenvalue weighted by atomic mass is 31.2. The molecule has 0 aliphatic rings. The monoisotopic (exact) mass is 414 g/mol. The molecule has 0 unspecified atom stereocenters. The van der Waals surface area contributed by atoms with E-state index in [0.29, 0.717) is 59.6 Å². The second kappa shape index (κ2) is 16.8. The van der Waals surface area contributed by atoms with E-state index < -0.39 is 7.51 Å². The van der Waals surface area contributed by atoms with Gasteiger partial charge in [0, 0.05) is 14.2 Å². The summed E-state index contributed by atoms with van der Waals surface area (Å²) >= 11 is 0. The summed E-state index contributed by atoms with van der Waals surface area (Å²) in [6.45, 7) is 4.55. The molecule has 10 nitrogen and oxygen atoms in total. The van der Waals surface area contributed by atoms with Crippen LogP contribution in [-0.2, 0) is 28.5 Å². The number of rotatable bonds is 18. The molecule has 0 heterocycles. The van der Waals surface area contributed by atoms with E-state index in [1.54, 1.807) is 14.2 Å². The highest BCUT2D eigenvalue weighted by Crippen LogP contribution is 2.55. The molecule has 0 spiro atoms. The van der Waals surface area contributed by atoms with Gasteiger partial charge >= 0.3 is 0 Å². The fourth-order valence-electron chi connectivity index (χ4n) is 2.27. The Bertz CT molecular complexity index is 389. The lowest BCUT2D eigenvalue weighted by Gasteiger charge is -2.41. The molecule has 0 radical (unpaired) electrons. The van der Waals surface area contributed by atoms with Crippen LogP contribution in [0.25, 0.3) is 0 Å². The Balaban J connectivity index is 4.56. The molecule has 27 heavy (non-hydrogen) atoms. The van der Waals surface area contributed by atoms with Crippen molar-refractivity contribution < 1.29 is 28.5 Å². The number of hydrogen-bond donors (Lipinski definition) is 0. The standard InChI is InChI=1S/C16H39N4O6P/c1-18(2)27(19(3)4,17-26-15-14-24-11-9-22-7)20(5)16-25-13-12-23-10-8-21-6/h8-16H2,1-7H3. The van der Waals surface area contributed by atoms with Crippen molar-refractivity contribution in [1.29, 1.82) is 0 Å². The third kappa shape index (κ3) is 10.8. The number of ether oxygens (including phenoxy) is 5. The second-order valence-electron chi connectivity index (χ2n) is 6.05. The van der Waals surface area contributed by atoms with Gasteiger partial charge in [-0.05, 0) is 35.2 Å². The molecule has 0 rings (SSSR count). The fourth-order valence-corrected chi connectivity index (χ4v) is 5.10. The summed E-state index contributed by atoms with van der Waals surface area (Å²) in [7, 11) is 11.0. The molecule has 0 atom stereocenters. The van der Waals surface area contributed by atoms with Gasteiger partial charge in [-0.15, -0.1) is 4.91 Å². The molecular weight excluding hydrogens is 375 g/mol. The Hall–Kier alpha value is -0.130. The molecule has 0 aliphatic heterocycles. The van der Waals surface area contributed by atoms with Crippen LogP contribution in [0.2, 0.25) is 0 Å². The Labute approximate surface area is 164 Å². The molecule has 0 aromatic rings. The van der Waals surface area contributed by atoms with Gasteiger partial charge in [-0.2, -0.15) is 0 Å². The zero-order valence-electron chi connectivity index (χ0n) is 18.0. The van der Waals surface area contributed by atoms with Crippen LogP contribution in [0.15, 0.2) is 4.91 Å². The van der Waals surface area contributed by atoms with E-state index in [1.807, 2.05) is 35.2 Å². The van der Waals surface area contributed by atoms with Crippen LogP contribution in [0, 0.1) is 0 Å². The first-order chi connectivity index (χ1) is 12.9. The average Bonchev–Trinajstić information content (AvgIpc) is 2.62. The second-order valence-corrected chi connectivity index (χ2v) is 9.57. The van der Waals surface area contributed by atoms with Crippen molar-refractivity contribution in [1.82, 2.24) is 14.0 Å². The van der Waals surface area contributed by atoms with Gasteiger partial charge in [0.2, 0.25) is 0 Å². The molecule has 0 saturated heterocycles. The van der Waals surface area contributed by atoms with Crippen LogP contribution in [0.5, 0.6) is 0 Å². The van der Waals surface area contributed by atoms with Crippen LogP contribution < -0.4 is 0 Å². The van der Waals surface area contributed by atoms with Gasteiger partial charge in [0.05, 0.1) is 46.2 Å². The fraction of sp³-hybridized carbons (Fsp3) is 1.00. The molecule has 0 saturated carbocycles. The predicted molar refractivity (Wildman–Crippen MR) is 107 cm³/mol. The van der Waals surface area contributed by atoms with Gasteiger partial charge in [0.15, 0.2) is 7.51 Å². The molecule has 0 aliphatic carbocycles. The maximum absolute atomic E-state index is 5.73. The molecule has 0 N–H and O–H groups in total. The first-order valence-electron chi connectivity index (χ1n) is 8.95. The molecule has 0 aromatic heterocycles. The smallest absolute Gasteiger partial charge is 0.199 e. The van der Waals surface area contributed by atoms with Gasteiger partial charge in [-0.3, -0.25) is 9.34 Å². The van der Waals surface area contributed by atoms with Crippen LogP contribution >= 0.6 is 7.51 Å². The lowest BCUT2D eigenvalue weighted by molar-refractivity contribution is 0.00564. The molecule has 0 fully saturated rings. The predicted octanol–water partition coefficient (Wildman–Crippen LogP) is 1.22. The highest BCUT2D eigenvalue weighted by molar-refractivity contribution is 7.58. The number of methoxy groups -OCH3 is 2. The Morgan fingerprint density at radius 2 is 1.07 bits per heavy atom. The maximum atomic E-state index is 5.73.